The van der Waals surface area contributed by atoms with Crippen molar-refractivity contribution in [2.75, 3.05) is 13.1 Å². The second kappa shape index (κ2) is 8.65. The standard InChI is InChI=1S/C19H24N4O3.ClH/c1-13-10-14(2)23(18(26)21-13)12-17(25)22-19(8-9-20-11-16(19)24)15-6-4-3-5-7-15;/h3-7,10,16,20,24H,8-9,11-12H2,1-2H3,(H,22,25);1H/t16-,19-;/m1./s1. The summed E-state index contributed by atoms with van der Waals surface area (Å²) in [5, 5.41) is 16.8. The number of benzene rings is 1. The lowest BCUT2D eigenvalue weighted by Gasteiger charge is -2.43. The maximum atomic E-state index is 12.8. The summed E-state index contributed by atoms with van der Waals surface area (Å²) in [5.41, 5.74) is 0.834. The highest BCUT2D eigenvalue weighted by Gasteiger charge is 2.42. The number of carbonyl (C=O) groups is 1. The van der Waals surface area contributed by atoms with Crippen LogP contribution in [0.2, 0.25) is 0 Å². The van der Waals surface area contributed by atoms with Gasteiger partial charge in [-0.05, 0) is 38.4 Å². The van der Waals surface area contributed by atoms with Gasteiger partial charge in [-0.15, -0.1) is 12.4 Å². The molecule has 0 spiro atoms. The topological polar surface area (TPSA) is 96.3 Å². The van der Waals surface area contributed by atoms with Gasteiger partial charge >= 0.3 is 5.69 Å². The quantitative estimate of drug-likeness (QED) is 0.710. The molecule has 1 amide bonds. The number of aliphatic hydroxyl groups is 1. The molecule has 3 N–H and O–H groups in total. The Hall–Kier alpha value is -2.22. The zero-order chi connectivity index (χ0) is 18.7. The van der Waals surface area contributed by atoms with Gasteiger partial charge in [-0.1, -0.05) is 30.3 Å². The van der Waals surface area contributed by atoms with E-state index in [0.29, 0.717) is 30.9 Å². The summed E-state index contributed by atoms with van der Waals surface area (Å²) in [4.78, 5) is 28.8. The van der Waals surface area contributed by atoms with E-state index in [1.807, 2.05) is 30.3 Å². The van der Waals surface area contributed by atoms with E-state index in [4.69, 9.17) is 0 Å². The number of amides is 1. The maximum absolute atomic E-state index is 12.8. The first-order valence-corrected chi connectivity index (χ1v) is 8.73. The number of aromatic nitrogens is 2. The summed E-state index contributed by atoms with van der Waals surface area (Å²) in [6, 6.07) is 11.2. The molecule has 0 unspecified atom stereocenters. The summed E-state index contributed by atoms with van der Waals surface area (Å²) in [6.07, 6.45) is -0.208. The van der Waals surface area contributed by atoms with Crippen molar-refractivity contribution >= 4 is 18.3 Å². The van der Waals surface area contributed by atoms with Gasteiger partial charge in [0.25, 0.3) is 0 Å². The molecule has 1 aliphatic heterocycles. The smallest absolute Gasteiger partial charge is 0.348 e. The van der Waals surface area contributed by atoms with Crippen LogP contribution in [0.3, 0.4) is 0 Å². The van der Waals surface area contributed by atoms with Crippen LogP contribution in [0.1, 0.15) is 23.4 Å². The number of aliphatic hydroxyl groups excluding tert-OH is 1. The molecular formula is C19H25ClN4O3. The first kappa shape index (κ1) is 21.1. The van der Waals surface area contributed by atoms with Gasteiger partial charge in [0, 0.05) is 17.9 Å². The van der Waals surface area contributed by atoms with Gasteiger partial charge in [-0.2, -0.15) is 4.98 Å². The Morgan fingerprint density at radius 2 is 2.07 bits per heavy atom. The maximum Gasteiger partial charge on any atom is 0.348 e. The van der Waals surface area contributed by atoms with Crippen LogP contribution in [0.15, 0.2) is 41.2 Å². The van der Waals surface area contributed by atoms with Gasteiger partial charge in [0.05, 0.1) is 11.6 Å². The van der Waals surface area contributed by atoms with E-state index in [-0.39, 0.29) is 24.9 Å². The summed E-state index contributed by atoms with van der Waals surface area (Å²) in [5.74, 6) is -0.328. The molecule has 1 saturated heterocycles. The van der Waals surface area contributed by atoms with E-state index in [1.165, 1.54) is 4.57 Å². The molecule has 1 aromatic carbocycles. The van der Waals surface area contributed by atoms with Gasteiger partial charge in [-0.25, -0.2) is 4.79 Å². The number of nitrogens with zero attached hydrogens (tertiary/aromatic N) is 2. The van der Waals surface area contributed by atoms with Gasteiger partial charge < -0.3 is 15.7 Å². The molecule has 7 nitrogen and oxygen atoms in total. The lowest BCUT2D eigenvalue weighted by molar-refractivity contribution is -0.126. The molecule has 3 rings (SSSR count). The minimum atomic E-state index is -0.876. The van der Waals surface area contributed by atoms with Gasteiger partial charge in [0.15, 0.2) is 0 Å². The molecule has 1 aliphatic rings. The largest absolute Gasteiger partial charge is 0.389 e. The predicted molar refractivity (Wildman–Crippen MR) is 105 cm³/mol. The molecule has 0 radical (unpaired) electrons. The number of β-amino-alcohol motifs (C(OH)–C–C–N with tert-alkyl or cyclic N) is 1. The first-order chi connectivity index (χ1) is 12.4. The molecule has 0 saturated carbocycles. The number of rotatable bonds is 4. The minimum Gasteiger partial charge on any atom is -0.389 e. The normalized spacial score (nSPS) is 22.0. The zero-order valence-corrected chi connectivity index (χ0v) is 16.3. The number of halogens is 1. The van der Waals surface area contributed by atoms with Crippen molar-refractivity contribution in [3.05, 3.63) is 63.8 Å². The number of hydrogen-bond donors (Lipinski definition) is 3. The lowest BCUT2D eigenvalue weighted by atomic mass is 9.79. The molecule has 1 fully saturated rings. The first-order valence-electron chi connectivity index (χ1n) is 8.73. The molecule has 2 atom stereocenters. The summed E-state index contributed by atoms with van der Waals surface area (Å²) >= 11 is 0. The van der Waals surface area contributed by atoms with Crippen LogP contribution < -0.4 is 16.3 Å². The van der Waals surface area contributed by atoms with Gasteiger partial charge in [-0.3, -0.25) is 9.36 Å². The van der Waals surface area contributed by atoms with Crippen LogP contribution >= 0.6 is 12.4 Å². The summed E-state index contributed by atoms with van der Waals surface area (Å²) in [7, 11) is 0. The van der Waals surface area contributed by atoms with E-state index in [0.717, 1.165) is 5.56 Å². The predicted octanol–water partition coefficient (Wildman–Crippen LogP) is 0.648. The fourth-order valence-electron chi connectivity index (χ4n) is 3.55. The Morgan fingerprint density at radius 3 is 2.70 bits per heavy atom. The van der Waals surface area contributed by atoms with Crippen molar-refractivity contribution in [1.82, 2.24) is 20.2 Å². The van der Waals surface area contributed by atoms with Crippen molar-refractivity contribution in [1.29, 1.82) is 0 Å². The summed E-state index contributed by atoms with van der Waals surface area (Å²) in [6.45, 7) is 4.45. The fraction of sp³-hybridized carbons (Fsp3) is 0.421. The third-order valence-corrected chi connectivity index (χ3v) is 4.90. The Labute approximate surface area is 164 Å². The van der Waals surface area contributed by atoms with E-state index < -0.39 is 17.3 Å². The molecule has 8 heteroatoms. The third kappa shape index (κ3) is 4.37. The van der Waals surface area contributed by atoms with Gasteiger partial charge in [0.2, 0.25) is 5.91 Å². The Balaban J connectivity index is 0.00000261. The number of piperidine rings is 1. The second-order valence-corrected chi connectivity index (χ2v) is 6.76. The second-order valence-electron chi connectivity index (χ2n) is 6.76. The number of hydrogen-bond acceptors (Lipinski definition) is 5. The van der Waals surface area contributed by atoms with Crippen molar-refractivity contribution in [3.8, 4) is 0 Å². The van der Waals surface area contributed by atoms with Crippen molar-refractivity contribution in [2.45, 2.75) is 38.5 Å². The number of aryl methyl sites for hydroxylation is 2. The molecule has 1 aromatic heterocycles. The van der Waals surface area contributed by atoms with Crippen LogP contribution in [0.4, 0.5) is 0 Å². The lowest BCUT2D eigenvalue weighted by Crippen LogP contribution is -2.61. The van der Waals surface area contributed by atoms with Crippen LogP contribution in [0.5, 0.6) is 0 Å². The highest BCUT2D eigenvalue weighted by atomic mass is 35.5. The molecule has 27 heavy (non-hydrogen) atoms. The van der Waals surface area contributed by atoms with Crippen LogP contribution in [0.25, 0.3) is 0 Å². The molecule has 2 heterocycles. The van der Waals surface area contributed by atoms with Gasteiger partial charge in [0.1, 0.15) is 6.54 Å². The van der Waals surface area contributed by atoms with E-state index >= 15 is 0 Å². The molecular weight excluding hydrogens is 368 g/mol. The van der Waals surface area contributed by atoms with Crippen LogP contribution in [0, 0.1) is 13.8 Å². The Bertz CT molecular complexity index is 856. The third-order valence-electron chi connectivity index (χ3n) is 4.90. The Kier molecular flexibility index (Phi) is 6.75. The van der Waals surface area contributed by atoms with E-state index in [9.17, 15) is 14.7 Å². The van der Waals surface area contributed by atoms with E-state index in [1.54, 1.807) is 19.9 Å². The van der Waals surface area contributed by atoms with E-state index in [2.05, 4.69) is 15.6 Å². The van der Waals surface area contributed by atoms with Crippen LogP contribution in [-0.2, 0) is 16.9 Å². The van der Waals surface area contributed by atoms with Crippen molar-refractivity contribution in [3.63, 3.8) is 0 Å². The average Bonchev–Trinajstić information content (AvgIpc) is 2.61. The molecule has 2 aromatic rings. The fourth-order valence-corrected chi connectivity index (χ4v) is 3.55. The number of nitrogens with one attached hydrogen (secondary N) is 2. The molecule has 0 aliphatic carbocycles. The van der Waals surface area contributed by atoms with Crippen molar-refractivity contribution < 1.29 is 9.90 Å². The zero-order valence-electron chi connectivity index (χ0n) is 15.4. The Morgan fingerprint density at radius 1 is 1.37 bits per heavy atom. The average molecular weight is 393 g/mol. The molecule has 146 valence electrons. The van der Waals surface area contributed by atoms with Crippen LogP contribution in [-0.4, -0.2) is 39.8 Å². The monoisotopic (exact) mass is 392 g/mol. The minimum absolute atomic E-state index is 0. The van der Waals surface area contributed by atoms with Crippen molar-refractivity contribution in [2.24, 2.45) is 0 Å². The SMILES string of the molecule is Cc1cc(C)n(CC(=O)N[C@@]2(c3ccccc3)CCNC[C@H]2O)c(=O)n1.Cl. The highest BCUT2D eigenvalue weighted by Crippen LogP contribution is 2.31. The summed E-state index contributed by atoms with van der Waals surface area (Å²) < 4.78 is 1.34. The number of carbonyl (C=O) groups excluding carboxylic acids is 1. The highest BCUT2D eigenvalue weighted by molar-refractivity contribution is 5.85. The molecule has 0 bridgehead atoms.